The van der Waals surface area contributed by atoms with Gasteiger partial charge in [0.15, 0.2) is 5.78 Å². The minimum absolute atomic E-state index is 0.0489. The first kappa shape index (κ1) is 13.9. The van der Waals surface area contributed by atoms with Crippen LogP contribution in [-0.4, -0.2) is 25.6 Å². The molecule has 0 radical (unpaired) electrons. The van der Waals surface area contributed by atoms with Crippen LogP contribution >= 0.6 is 0 Å². The zero-order valence-corrected chi connectivity index (χ0v) is 9.62. The molecule has 0 aromatic rings. The summed E-state index contributed by atoms with van der Waals surface area (Å²) < 4.78 is 10.2. The molecule has 0 saturated heterocycles. The van der Waals surface area contributed by atoms with Crippen molar-refractivity contribution in [2.24, 2.45) is 0 Å². The van der Waals surface area contributed by atoms with E-state index in [1.54, 1.807) is 6.08 Å². The lowest BCUT2D eigenvalue weighted by atomic mass is 10.1. The van der Waals surface area contributed by atoms with Crippen LogP contribution in [0, 0.1) is 0 Å². The van der Waals surface area contributed by atoms with Gasteiger partial charge in [-0.25, -0.2) is 0 Å². The van der Waals surface area contributed by atoms with Gasteiger partial charge < -0.3 is 9.47 Å². The van der Waals surface area contributed by atoms with E-state index >= 15 is 0 Å². The van der Waals surface area contributed by atoms with Crippen LogP contribution in [0.3, 0.4) is 0 Å². The molecule has 1 unspecified atom stereocenters. The molecule has 0 saturated carbocycles. The van der Waals surface area contributed by atoms with Crippen LogP contribution < -0.4 is 0 Å². The summed E-state index contributed by atoms with van der Waals surface area (Å²) in [4.78, 5) is 11.3. The fourth-order valence-corrected chi connectivity index (χ4v) is 1.26. The van der Waals surface area contributed by atoms with Crippen molar-refractivity contribution in [2.75, 3.05) is 13.7 Å². The van der Waals surface area contributed by atoms with Crippen molar-refractivity contribution in [1.82, 2.24) is 0 Å². The van der Waals surface area contributed by atoms with Crippen LogP contribution in [0.5, 0.6) is 0 Å². The number of ketones is 1. The first-order chi connectivity index (χ1) is 7.13. The summed E-state index contributed by atoms with van der Waals surface area (Å²) in [5.74, 6) is 0.562. The molecule has 3 nitrogen and oxygen atoms in total. The minimum Gasteiger partial charge on any atom is -0.491 e. The Morgan fingerprint density at radius 3 is 2.67 bits per heavy atom. The van der Waals surface area contributed by atoms with Crippen LogP contribution in [-0.2, 0) is 14.3 Å². The highest BCUT2D eigenvalue weighted by Gasteiger charge is 2.14. The number of Topliss-reactive ketones (excluding diaryl/α,β-unsaturated/α-hetero) is 1. The number of ether oxygens (including phenoxy) is 2. The first-order valence-electron chi connectivity index (χ1n) is 5.12. The largest absolute Gasteiger partial charge is 0.491 e. The monoisotopic (exact) mass is 212 g/mol. The lowest BCUT2D eigenvalue weighted by Crippen LogP contribution is -2.19. The van der Waals surface area contributed by atoms with Crippen molar-refractivity contribution in [1.29, 1.82) is 0 Å². The van der Waals surface area contributed by atoms with E-state index in [0.717, 1.165) is 12.8 Å². The average molecular weight is 212 g/mol. The van der Waals surface area contributed by atoms with Crippen LogP contribution in [0.15, 0.2) is 25.0 Å². The highest BCUT2D eigenvalue weighted by molar-refractivity contribution is 5.80. The van der Waals surface area contributed by atoms with Crippen molar-refractivity contribution in [3.63, 3.8) is 0 Å². The van der Waals surface area contributed by atoms with E-state index in [0.29, 0.717) is 12.2 Å². The van der Waals surface area contributed by atoms with E-state index in [4.69, 9.17) is 9.47 Å². The molecular weight excluding hydrogens is 192 g/mol. The van der Waals surface area contributed by atoms with Gasteiger partial charge in [0.05, 0.1) is 0 Å². The van der Waals surface area contributed by atoms with Crippen molar-refractivity contribution in [3.8, 4) is 0 Å². The molecule has 0 aromatic carbocycles. The van der Waals surface area contributed by atoms with Crippen LogP contribution in [0.2, 0.25) is 0 Å². The molecule has 0 N–H and O–H groups in total. The molecule has 0 aromatic heterocycles. The Morgan fingerprint density at radius 2 is 2.20 bits per heavy atom. The number of carbonyl (C=O) groups is 1. The van der Waals surface area contributed by atoms with Gasteiger partial charge in [-0.15, -0.1) is 0 Å². The van der Waals surface area contributed by atoms with Gasteiger partial charge in [0, 0.05) is 13.5 Å². The lowest BCUT2D eigenvalue weighted by molar-refractivity contribution is -0.124. The van der Waals surface area contributed by atoms with E-state index < -0.39 is 0 Å². The Bertz CT molecular complexity index is 221. The number of rotatable bonds is 9. The van der Waals surface area contributed by atoms with Gasteiger partial charge in [-0.05, 0) is 12.5 Å². The molecule has 0 spiro atoms. The standard InChI is InChI=1S/C12H20O3/c1-5-7-12(15-10(3)6-2)8-11(13)9-14-4/h6,12H,2-3,5,7-9H2,1,4H3. The Labute approximate surface area is 91.8 Å². The number of hydrogen-bond donors (Lipinski definition) is 0. The average Bonchev–Trinajstić information content (AvgIpc) is 2.18. The zero-order chi connectivity index (χ0) is 11.7. The number of methoxy groups -OCH3 is 1. The maximum absolute atomic E-state index is 11.3. The third-order valence-electron chi connectivity index (χ3n) is 1.92. The van der Waals surface area contributed by atoms with Gasteiger partial charge in [-0.2, -0.15) is 0 Å². The summed E-state index contributed by atoms with van der Waals surface area (Å²) in [6.45, 7) is 9.41. The number of allylic oxidation sites excluding steroid dienone is 1. The lowest BCUT2D eigenvalue weighted by Gasteiger charge is -2.17. The van der Waals surface area contributed by atoms with Crippen LogP contribution in [0.1, 0.15) is 26.2 Å². The van der Waals surface area contributed by atoms with Crippen molar-refractivity contribution in [2.45, 2.75) is 32.3 Å². The number of carbonyl (C=O) groups excluding carboxylic acids is 1. The quantitative estimate of drug-likeness (QED) is 0.435. The Balaban J connectivity index is 4.08. The second kappa shape index (κ2) is 8.24. The summed E-state index contributed by atoms with van der Waals surface area (Å²) in [7, 11) is 1.51. The van der Waals surface area contributed by atoms with Crippen molar-refractivity contribution >= 4 is 5.78 Å². The molecule has 0 aliphatic heterocycles. The van der Waals surface area contributed by atoms with Crippen molar-refractivity contribution in [3.05, 3.63) is 25.0 Å². The molecule has 3 heteroatoms. The predicted molar refractivity (Wildman–Crippen MR) is 60.6 cm³/mol. The first-order valence-corrected chi connectivity index (χ1v) is 5.12. The molecule has 0 aliphatic carbocycles. The van der Waals surface area contributed by atoms with Gasteiger partial charge >= 0.3 is 0 Å². The SMILES string of the molecule is C=CC(=C)OC(CCC)CC(=O)COC. The summed E-state index contributed by atoms with van der Waals surface area (Å²) >= 11 is 0. The van der Waals surface area contributed by atoms with Crippen molar-refractivity contribution < 1.29 is 14.3 Å². The van der Waals surface area contributed by atoms with Gasteiger partial charge in [0.2, 0.25) is 0 Å². The minimum atomic E-state index is -0.108. The zero-order valence-electron chi connectivity index (χ0n) is 9.62. The number of hydrogen-bond acceptors (Lipinski definition) is 3. The molecule has 0 heterocycles. The van der Waals surface area contributed by atoms with Gasteiger partial charge in [0.1, 0.15) is 18.5 Å². The molecular formula is C12H20O3. The van der Waals surface area contributed by atoms with E-state index in [1.807, 2.05) is 6.92 Å². The summed E-state index contributed by atoms with van der Waals surface area (Å²) in [5, 5.41) is 0. The van der Waals surface area contributed by atoms with Gasteiger partial charge in [-0.3, -0.25) is 4.79 Å². The molecule has 0 aliphatic rings. The predicted octanol–water partition coefficient (Wildman–Crippen LogP) is 2.48. The topological polar surface area (TPSA) is 35.5 Å². The van der Waals surface area contributed by atoms with Gasteiger partial charge in [-0.1, -0.05) is 26.5 Å². The maximum atomic E-state index is 11.3. The summed E-state index contributed by atoms with van der Waals surface area (Å²) in [6, 6.07) is 0. The third kappa shape index (κ3) is 6.91. The smallest absolute Gasteiger partial charge is 0.162 e. The molecule has 0 amide bonds. The third-order valence-corrected chi connectivity index (χ3v) is 1.92. The molecule has 15 heavy (non-hydrogen) atoms. The molecule has 0 rings (SSSR count). The van der Waals surface area contributed by atoms with E-state index in [-0.39, 0.29) is 18.5 Å². The van der Waals surface area contributed by atoms with Crippen LogP contribution in [0.25, 0.3) is 0 Å². The van der Waals surface area contributed by atoms with E-state index in [1.165, 1.54) is 7.11 Å². The fourth-order valence-electron chi connectivity index (χ4n) is 1.26. The van der Waals surface area contributed by atoms with E-state index in [2.05, 4.69) is 13.2 Å². The molecule has 0 fully saturated rings. The van der Waals surface area contributed by atoms with Gasteiger partial charge in [0.25, 0.3) is 0 Å². The van der Waals surface area contributed by atoms with Crippen LogP contribution in [0.4, 0.5) is 0 Å². The Morgan fingerprint density at radius 1 is 1.53 bits per heavy atom. The summed E-state index contributed by atoms with van der Waals surface area (Å²) in [5.41, 5.74) is 0. The molecule has 86 valence electrons. The highest BCUT2D eigenvalue weighted by atomic mass is 16.5. The van der Waals surface area contributed by atoms with E-state index in [9.17, 15) is 4.79 Å². The Kier molecular flexibility index (Phi) is 7.64. The maximum Gasteiger partial charge on any atom is 0.162 e. The molecule has 1 atom stereocenters. The fraction of sp³-hybridized carbons (Fsp3) is 0.583. The summed E-state index contributed by atoms with van der Waals surface area (Å²) in [6.07, 6.45) is 3.61. The second-order valence-corrected chi connectivity index (χ2v) is 3.37. The highest BCUT2D eigenvalue weighted by Crippen LogP contribution is 2.12. The Hall–Kier alpha value is -1.09. The molecule has 0 bridgehead atoms. The second-order valence-electron chi connectivity index (χ2n) is 3.37. The normalized spacial score (nSPS) is 11.9.